The summed E-state index contributed by atoms with van der Waals surface area (Å²) >= 11 is 0. The van der Waals surface area contributed by atoms with Crippen molar-refractivity contribution < 1.29 is 19.1 Å². The van der Waals surface area contributed by atoms with Crippen LogP contribution in [0.1, 0.15) is 42.1 Å². The molecule has 1 unspecified atom stereocenters. The molecule has 2 aromatic carbocycles. The third-order valence-electron chi connectivity index (χ3n) is 5.76. The zero-order valence-corrected chi connectivity index (χ0v) is 20.2. The number of nitrogens with one attached hydrogen (secondary N) is 4. The van der Waals surface area contributed by atoms with Gasteiger partial charge in [-0.05, 0) is 56.0 Å². The van der Waals surface area contributed by atoms with E-state index in [1.165, 1.54) is 6.20 Å². The van der Waals surface area contributed by atoms with E-state index in [0.29, 0.717) is 35.9 Å². The van der Waals surface area contributed by atoms with Gasteiger partial charge in [0.2, 0.25) is 0 Å². The maximum atomic E-state index is 13.2. The van der Waals surface area contributed by atoms with Crippen molar-refractivity contribution in [2.45, 2.75) is 26.2 Å². The summed E-state index contributed by atoms with van der Waals surface area (Å²) in [6, 6.07) is 18.1. The van der Waals surface area contributed by atoms with Gasteiger partial charge in [0.25, 0.3) is 5.91 Å². The Kier molecular flexibility index (Phi) is 7.79. The van der Waals surface area contributed by atoms with Crippen LogP contribution in [-0.2, 0) is 9.53 Å². The van der Waals surface area contributed by atoms with Gasteiger partial charge in [-0.2, -0.15) is 0 Å². The minimum atomic E-state index is -0.381. The van der Waals surface area contributed by atoms with Gasteiger partial charge in [0.15, 0.2) is 0 Å². The number of urea groups is 1. The number of hydrogen-bond acceptors (Lipinski definition) is 6. The van der Waals surface area contributed by atoms with Crippen LogP contribution in [0, 0.1) is 5.92 Å². The summed E-state index contributed by atoms with van der Waals surface area (Å²) in [4.78, 5) is 41.2. The molecule has 0 radical (unpaired) electrons. The lowest BCUT2D eigenvalue weighted by atomic mass is 10.1. The lowest BCUT2D eigenvalue weighted by molar-refractivity contribution is -0.144. The number of esters is 1. The number of para-hydroxylation sites is 1. The molecule has 4 rings (SSSR count). The fourth-order valence-corrected chi connectivity index (χ4v) is 3.89. The highest BCUT2D eigenvalue weighted by Gasteiger charge is 2.45. The largest absolute Gasteiger partial charge is 0.466 e. The molecule has 1 fully saturated rings. The average molecular weight is 488 g/mol. The number of hydrogen-bond donors (Lipinski definition) is 4. The molecule has 1 aliphatic carbocycles. The lowest BCUT2D eigenvalue weighted by Gasteiger charge is -2.14. The molecule has 0 saturated heterocycles. The van der Waals surface area contributed by atoms with Crippen molar-refractivity contribution >= 4 is 40.8 Å². The molecular weight excluding hydrogens is 458 g/mol. The quantitative estimate of drug-likeness (QED) is 0.319. The topological polar surface area (TPSA) is 121 Å². The first-order chi connectivity index (χ1) is 17.5. The SMILES string of the molecule is CCNC(=O)Nc1cc(Nc2ccccc2)c(C(=O)Nc2ccc(C3C[C@H]3C(=O)OCC)cc2)cn1. The first-order valence-electron chi connectivity index (χ1n) is 11.9. The van der Waals surface area contributed by atoms with E-state index in [1.54, 1.807) is 13.0 Å². The predicted octanol–water partition coefficient (Wildman–Crippen LogP) is 4.89. The number of pyridine rings is 1. The molecule has 9 heteroatoms. The molecule has 3 amide bonds. The summed E-state index contributed by atoms with van der Waals surface area (Å²) in [6.45, 7) is 4.48. The van der Waals surface area contributed by atoms with Crippen LogP contribution in [0.15, 0.2) is 66.9 Å². The maximum absolute atomic E-state index is 13.2. The van der Waals surface area contributed by atoms with E-state index in [-0.39, 0.29) is 29.7 Å². The maximum Gasteiger partial charge on any atom is 0.320 e. The summed E-state index contributed by atoms with van der Waals surface area (Å²) < 4.78 is 5.10. The van der Waals surface area contributed by atoms with E-state index >= 15 is 0 Å². The molecule has 4 N–H and O–H groups in total. The Morgan fingerprint density at radius 2 is 1.72 bits per heavy atom. The van der Waals surface area contributed by atoms with Gasteiger partial charge in [-0.3, -0.25) is 14.9 Å². The molecule has 0 bridgehead atoms. The van der Waals surface area contributed by atoms with Gasteiger partial charge < -0.3 is 20.7 Å². The molecule has 1 aliphatic rings. The van der Waals surface area contributed by atoms with Crippen molar-refractivity contribution in [2.24, 2.45) is 5.92 Å². The van der Waals surface area contributed by atoms with E-state index in [4.69, 9.17) is 4.74 Å². The van der Waals surface area contributed by atoms with E-state index in [9.17, 15) is 14.4 Å². The van der Waals surface area contributed by atoms with Crippen LogP contribution in [0.3, 0.4) is 0 Å². The predicted molar refractivity (Wildman–Crippen MR) is 139 cm³/mol. The Labute approximate surface area is 209 Å². The molecule has 36 heavy (non-hydrogen) atoms. The Hall–Kier alpha value is -4.40. The van der Waals surface area contributed by atoms with Gasteiger partial charge >= 0.3 is 12.0 Å². The van der Waals surface area contributed by atoms with Crippen LogP contribution >= 0.6 is 0 Å². The third kappa shape index (κ3) is 6.18. The molecule has 0 spiro atoms. The van der Waals surface area contributed by atoms with E-state index in [1.807, 2.05) is 61.5 Å². The number of carbonyl (C=O) groups is 3. The Morgan fingerprint density at radius 1 is 0.972 bits per heavy atom. The van der Waals surface area contributed by atoms with Gasteiger partial charge in [-0.25, -0.2) is 9.78 Å². The molecule has 0 aliphatic heterocycles. The fourth-order valence-electron chi connectivity index (χ4n) is 3.89. The number of ether oxygens (including phenoxy) is 1. The summed E-state index contributed by atoms with van der Waals surface area (Å²) in [7, 11) is 0. The third-order valence-corrected chi connectivity index (χ3v) is 5.76. The van der Waals surface area contributed by atoms with Crippen molar-refractivity contribution in [1.29, 1.82) is 0 Å². The summed E-state index contributed by atoms with van der Waals surface area (Å²) in [5.74, 6) is -0.134. The van der Waals surface area contributed by atoms with Crippen LogP contribution < -0.4 is 21.3 Å². The van der Waals surface area contributed by atoms with Crippen molar-refractivity contribution in [3.05, 3.63) is 78.0 Å². The van der Waals surface area contributed by atoms with Crippen LogP contribution in [0.25, 0.3) is 0 Å². The molecule has 186 valence electrons. The van der Waals surface area contributed by atoms with Gasteiger partial charge in [-0.15, -0.1) is 0 Å². The Balaban J connectivity index is 1.48. The minimum Gasteiger partial charge on any atom is -0.466 e. The van der Waals surface area contributed by atoms with Crippen molar-refractivity contribution in [3.63, 3.8) is 0 Å². The number of aromatic nitrogens is 1. The van der Waals surface area contributed by atoms with Crippen molar-refractivity contribution in [2.75, 3.05) is 29.1 Å². The van der Waals surface area contributed by atoms with E-state index < -0.39 is 0 Å². The van der Waals surface area contributed by atoms with E-state index in [0.717, 1.165) is 17.7 Å². The summed E-state index contributed by atoms with van der Waals surface area (Å²) in [6.07, 6.45) is 2.20. The van der Waals surface area contributed by atoms with Crippen LogP contribution in [0.2, 0.25) is 0 Å². The molecule has 3 aromatic rings. The van der Waals surface area contributed by atoms with Gasteiger partial charge in [0.05, 0.1) is 23.8 Å². The molecular formula is C27H29N5O4. The first-order valence-corrected chi connectivity index (χ1v) is 11.9. The number of anilines is 4. The number of nitrogens with zero attached hydrogens (tertiary/aromatic N) is 1. The first kappa shape index (κ1) is 24.7. The van der Waals surface area contributed by atoms with E-state index in [2.05, 4.69) is 26.3 Å². The Bertz CT molecular complexity index is 1230. The number of carbonyl (C=O) groups excluding carboxylic acids is 3. The number of benzene rings is 2. The second kappa shape index (κ2) is 11.4. The zero-order valence-electron chi connectivity index (χ0n) is 20.2. The Morgan fingerprint density at radius 3 is 2.42 bits per heavy atom. The fraction of sp³-hybridized carbons (Fsp3) is 0.259. The second-order valence-electron chi connectivity index (χ2n) is 8.37. The van der Waals surface area contributed by atoms with Gasteiger partial charge in [0.1, 0.15) is 5.82 Å². The normalized spacial score (nSPS) is 15.9. The standard InChI is InChI=1S/C27H29N5O4/c1-3-28-27(35)32-24-15-23(30-18-8-6-5-7-9-18)22(16-29-24)25(33)31-19-12-10-17(11-13-19)20-14-21(20)26(34)36-4-2/h5-13,15-16,20-21H,3-4,14H2,1-2H3,(H,31,33)(H3,28,29,30,32,35)/t20?,21-/m1/s1. The highest BCUT2D eigenvalue weighted by molar-refractivity contribution is 6.08. The molecule has 1 aromatic heterocycles. The number of rotatable bonds is 9. The van der Waals surface area contributed by atoms with Crippen molar-refractivity contribution in [3.8, 4) is 0 Å². The lowest BCUT2D eigenvalue weighted by Crippen LogP contribution is -2.28. The molecule has 1 heterocycles. The van der Waals surface area contributed by atoms with Crippen LogP contribution in [0.5, 0.6) is 0 Å². The van der Waals surface area contributed by atoms with Crippen molar-refractivity contribution in [1.82, 2.24) is 10.3 Å². The zero-order chi connectivity index (χ0) is 25.5. The average Bonchev–Trinajstić information content (AvgIpc) is 3.67. The summed E-state index contributed by atoms with van der Waals surface area (Å²) in [5.41, 5.74) is 3.25. The smallest absolute Gasteiger partial charge is 0.320 e. The van der Waals surface area contributed by atoms with Crippen LogP contribution in [-0.4, -0.2) is 36.0 Å². The highest BCUT2D eigenvalue weighted by atomic mass is 16.5. The van der Waals surface area contributed by atoms with Gasteiger partial charge in [-0.1, -0.05) is 30.3 Å². The van der Waals surface area contributed by atoms with Crippen LogP contribution in [0.4, 0.5) is 27.7 Å². The number of amides is 3. The minimum absolute atomic E-state index is 0.0883. The highest BCUT2D eigenvalue weighted by Crippen LogP contribution is 2.48. The molecule has 1 saturated carbocycles. The van der Waals surface area contributed by atoms with Gasteiger partial charge in [0, 0.05) is 30.2 Å². The second-order valence-corrected chi connectivity index (χ2v) is 8.37. The monoisotopic (exact) mass is 487 g/mol. The molecule has 2 atom stereocenters. The summed E-state index contributed by atoms with van der Waals surface area (Å²) in [5, 5.41) is 11.4. The molecule has 9 nitrogen and oxygen atoms in total.